The molecule has 0 heterocycles. The van der Waals surface area contributed by atoms with Gasteiger partial charge in [-0.05, 0) is 47.0 Å². The van der Waals surface area contributed by atoms with Crippen LogP contribution < -0.4 is 4.18 Å². The molecule has 0 saturated heterocycles. The molecule has 142 valence electrons. The van der Waals surface area contributed by atoms with Gasteiger partial charge in [-0.3, -0.25) is 0 Å². The van der Waals surface area contributed by atoms with Gasteiger partial charge in [-0.2, -0.15) is 8.42 Å². The first-order chi connectivity index (χ1) is 11.9. The highest BCUT2D eigenvalue weighted by Crippen LogP contribution is 2.37. The SMILES string of the molecule is CC(C)(C)[Si](C)(C)OCc1ccc(-c2ccc(OS(C)(=O)=O)cc2)cc1. The molecule has 0 aliphatic heterocycles. The van der Waals surface area contributed by atoms with Crippen molar-refractivity contribution in [2.75, 3.05) is 6.26 Å². The van der Waals surface area contributed by atoms with E-state index in [9.17, 15) is 8.42 Å². The predicted molar refractivity (Wildman–Crippen MR) is 109 cm³/mol. The minimum atomic E-state index is -3.50. The normalized spacial score (nSPS) is 12.8. The molecule has 0 radical (unpaired) electrons. The standard InChI is InChI=1S/C20H28O4SSi/c1-20(2,3)26(5,6)23-15-16-7-9-17(10-8-16)18-11-13-19(14-12-18)24-25(4,21)22/h7-14H,15H2,1-6H3. The molecule has 6 heteroatoms. The summed E-state index contributed by atoms with van der Waals surface area (Å²) in [5.74, 6) is 0.315. The van der Waals surface area contributed by atoms with Crippen LogP contribution in [0, 0.1) is 0 Å². The lowest BCUT2D eigenvalue weighted by molar-refractivity contribution is 0.276. The second-order valence-corrected chi connectivity index (χ2v) is 14.4. The molecule has 0 fully saturated rings. The molecule has 0 aliphatic rings. The number of hydrogen-bond donors (Lipinski definition) is 0. The van der Waals surface area contributed by atoms with Crippen LogP contribution >= 0.6 is 0 Å². The molecule has 0 bridgehead atoms. The Morgan fingerprint density at radius 2 is 1.35 bits per heavy atom. The number of hydrogen-bond acceptors (Lipinski definition) is 4. The van der Waals surface area contributed by atoms with Crippen molar-refractivity contribution in [3.05, 3.63) is 54.1 Å². The van der Waals surface area contributed by atoms with Gasteiger partial charge >= 0.3 is 10.1 Å². The van der Waals surface area contributed by atoms with Crippen LogP contribution in [0.25, 0.3) is 11.1 Å². The van der Waals surface area contributed by atoms with Crippen molar-refractivity contribution in [2.24, 2.45) is 0 Å². The Labute approximate surface area is 158 Å². The molecule has 0 aliphatic carbocycles. The Morgan fingerprint density at radius 1 is 0.885 bits per heavy atom. The molecule has 0 N–H and O–H groups in total. The zero-order valence-electron chi connectivity index (χ0n) is 16.4. The molecule has 0 spiro atoms. The minimum absolute atomic E-state index is 0.197. The van der Waals surface area contributed by atoms with Crippen molar-refractivity contribution in [2.45, 2.75) is 45.5 Å². The third-order valence-corrected chi connectivity index (χ3v) is 9.77. The zero-order chi connectivity index (χ0) is 19.6. The Kier molecular flexibility index (Phi) is 6.00. The average molecular weight is 393 g/mol. The quantitative estimate of drug-likeness (QED) is 0.500. The van der Waals surface area contributed by atoms with Crippen molar-refractivity contribution in [3.8, 4) is 16.9 Å². The molecular formula is C20H28O4SSi. The van der Waals surface area contributed by atoms with Crippen molar-refractivity contribution in [1.29, 1.82) is 0 Å². The van der Waals surface area contributed by atoms with Crippen LogP contribution in [-0.4, -0.2) is 23.0 Å². The Balaban J connectivity index is 2.05. The maximum atomic E-state index is 11.2. The highest BCUT2D eigenvalue weighted by molar-refractivity contribution is 7.86. The molecule has 0 amide bonds. The second-order valence-electron chi connectivity index (χ2n) is 8.06. The Bertz CT molecular complexity index is 833. The van der Waals surface area contributed by atoms with Crippen molar-refractivity contribution >= 4 is 18.4 Å². The summed E-state index contributed by atoms with van der Waals surface area (Å²) < 4.78 is 33.4. The molecule has 26 heavy (non-hydrogen) atoms. The van der Waals surface area contributed by atoms with E-state index in [0.29, 0.717) is 12.4 Å². The summed E-state index contributed by atoms with van der Waals surface area (Å²) in [4.78, 5) is 0. The first-order valence-corrected chi connectivity index (χ1v) is 13.3. The van der Waals surface area contributed by atoms with Crippen molar-refractivity contribution < 1.29 is 17.0 Å². The van der Waals surface area contributed by atoms with Gasteiger partial charge in [0, 0.05) is 0 Å². The largest absolute Gasteiger partial charge is 0.413 e. The molecule has 2 aromatic carbocycles. The van der Waals surface area contributed by atoms with Crippen molar-refractivity contribution in [3.63, 3.8) is 0 Å². The van der Waals surface area contributed by atoms with Gasteiger partial charge in [0.1, 0.15) is 5.75 Å². The first kappa shape index (κ1) is 20.7. The molecule has 4 nitrogen and oxygen atoms in total. The van der Waals surface area contributed by atoms with Crippen LogP contribution in [-0.2, 0) is 21.2 Å². The van der Waals surface area contributed by atoms with E-state index < -0.39 is 18.4 Å². The molecule has 0 atom stereocenters. The van der Waals surface area contributed by atoms with E-state index in [-0.39, 0.29) is 5.04 Å². The summed E-state index contributed by atoms with van der Waals surface area (Å²) >= 11 is 0. The zero-order valence-corrected chi connectivity index (χ0v) is 18.2. The monoisotopic (exact) mass is 392 g/mol. The molecule has 0 aromatic heterocycles. The summed E-state index contributed by atoms with van der Waals surface area (Å²) in [5, 5.41) is 0.197. The Morgan fingerprint density at radius 3 is 1.77 bits per heavy atom. The Hall–Kier alpha value is -1.63. The average Bonchev–Trinajstić information content (AvgIpc) is 2.52. The topological polar surface area (TPSA) is 52.6 Å². The van der Waals surface area contributed by atoms with E-state index in [2.05, 4.69) is 58.1 Å². The predicted octanol–water partition coefficient (Wildman–Crippen LogP) is 5.21. The van der Waals surface area contributed by atoms with Gasteiger partial charge in [0.2, 0.25) is 0 Å². The first-order valence-electron chi connectivity index (χ1n) is 8.60. The fourth-order valence-electron chi connectivity index (χ4n) is 2.15. The van der Waals surface area contributed by atoms with E-state index in [1.807, 2.05) is 12.1 Å². The molecular weight excluding hydrogens is 364 g/mol. The fourth-order valence-corrected chi connectivity index (χ4v) is 3.57. The van der Waals surface area contributed by atoms with E-state index in [1.165, 1.54) is 0 Å². The van der Waals surface area contributed by atoms with Crippen molar-refractivity contribution in [1.82, 2.24) is 0 Å². The van der Waals surface area contributed by atoms with Gasteiger partial charge in [0.05, 0.1) is 12.9 Å². The van der Waals surface area contributed by atoms with Crippen LogP contribution in [0.15, 0.2) is 48.5 Å². The van der Waals surface area contributed by atoms with Gasteiger partial charge in [0.25, 0.3) is 0 Å². The molecule has 2 rings (SSSR count). The summed E-state index contributed by atoms with van der Waals surface area (Å²) in [6, 6.07) is 15.3. The van der Waals surface area contributed by atoms with Gasteiger partial charge in [-0.25, -0.2) is 0 Å². The van der Waals surface area contributed by atoms with E-state index in [0.717, 1.165) is 22.9 Å². The lowest BCUT2D eigenvalue weighted by atomic mass is 10.0. The van der Waals surface area contributed by atoms with E-state index >= 15 is 0 Å². The van der Waals surface area contributed by atoms with Crippen LogP contribution in [0.5, 0.6) is 5.75 Å². The third kappa shape index (κ3) is 5.69. The van der Waals surface area contributed by atoms with Crippen LogP contribution in [0.3, 0.4) is 0 Å². The summed E-state index contributed by atoms with van der Waals surface area (Å²) in [6.07, 6.45) is 1.03. The lowest BCUT2D eigenvalue weighted by Gasteiger charge is -2.36. The highest BCUT2D eigenvalue weighted by atomic mass is 32.2. The number of benzene rings is 2. The molecule has 0 unspecified atom stereocenters. The summed E-state index contributed by atoms with van der Waals surface area (Å²) in [5.41, 5.74) is 3.21. The highest BCUT2D eigenvalue weighted by Gasteiger charge is 2.36. The fraction of sp³-hybridized carbons (Fsp3) is 0.400. The van der Waals surface area contributed by atoms with Gasteiger partial charge in [-0.1, -0.05) is 57.2 Å². The van der Waals surface area contributed by atoms with Crippen LogP contribution in [0.2, 0.25) is 18.1 Å². The van der Waals surface area contributed by atoms with Gasteiger partial charge in [0.15, 0.2) is 8.32 Å². The molecule has 0 saturated carbocycles. The summed E-state index contributed by atoms with van der Waals surface area (Å²) in [6.45, 7) is 11.8. The van der Waals surface area contributed by atoms with E-state index in [1.54, 1.807) is 12.1 Å². The molecule has 2 aromatic rings. The van der Waals surface area contributed by atoms with Gasteiger partial charge < -0.3 is 8.61 Å². The third-order valence-electron chi connectivity index (χ3n) is 4.80. The van der Waals surface area contributed by atoms with E-state index in [4.69, 9.17) is 8.61 Å². The maximum Gasteiger partial charge on any atom is 0.306 e. The maximum absolute atomic E-state index is 11.2. The van der Waals surface area contributed by atoms with Gasteiger partial charge in [-0.15, -0.1) is 0 Å². The smallest absolute Gasteiger partial charge is 0.306 e. The second kappa shape index (κ2) is 7.54. The minimum Gasteiger partial charge on any atom is -0.413 e. The number of rotatable bonds is 6. The van der Waals surface area contributed by atoms with Crippen LogP contribution in [0.4, 0.5) is 0 Å². The van der Waals surface area contributed by atoms with Crippen LogP contribution in [0.1, 0.15) is 26.3 Å². The summed E-state index contributed by atoms with van der Waals surface area (Å²) in [7, 11) is -5.25. The lowest BCUT2D eigenvalue weighted by Crippen LogP contribution is -2.40.